The van der Waals surface area contributed by atoms with Gasteiger partial charge in [0.05, 0.1) is 12.5 Å². The van der Waals surface area contributed by atoms with E-state index in [0.717, 1.165) is 29.5 Å². The molecule has 0 fully saturated rings. The average molecular weight is 377 g/mol. The van der Waals surface area contributed by atoms with Gasteiger partial charge in [-0.15, -0.1) is 0 Å². The third-order valence-corrected chi connectivity index (χ3v) is 5.23. The number of esters is 1. The molecule has 1 rings (SSSR count). The molecule has 1 atom stereocenters. The summed E-state index contributed by atoms with van der Waals surface area (Å²) >= 11 is 0. The Balaban J connectivity index is 2.47. The molecular formula is C24H40O3. The second-order valence-corrected chi connectivity index (χ2v) is 8.85. The molecule has 0 spiro atoms. The Kier molecular flexibility index (Phi) is 9.90. The molecule has 3 heteroatoms. The number of benzene rings is 1. The van der Waals surface area contributed by atoms with Crippen LogP contribution in [-0.2, 0) is 14.9 Å². The van der Waals surface area contributed by atoms with Gasteiger partial charge in [0.2, 0.25) is 0 Å². The molecule has 0 bridgehead atoms. The molecule has 1 aromatic rings. The maximum Gasteiger partial charge on any atom is 0.313 e. The van der Waals surface area contributed by atoms with E-state index < -0.39 is 0 Å². The number of rotatable bonds is 11. The van der Waals surface area contributed by atoms with Crippen LogP contribution in [0.1, 0.15) is 109 Å². The third kappa shape index (κ3) is 7.94. The first-order valence-electron chi connectivity index (χ1n) is 10.7. The van der Waals surface area contributed by atoms with Gasteiger partial charge < -0.3 is 9.84 Å². The Bertz CT molecular complexity index is 584. The van der Waals surface area contributed by atoms with Crippen molar-refractivity contribution in [3.05, 3.63) is 28.8 Å². The summed E-state index contributed by atoms with van der Waals surface area (Å²) in [5.74, 6) is -0.173. The average Bonchev–Trinajstić information content (AvgIpc) is 2.60. The Morgan fingerprint density at radius 2 is 1.59 bits per heavy atom. The Morgan fingerprint density at radius 3 is 2.15 bits per heavy atom. The normalized spacial score (nSPS) is 12.8. The van der Waals surface area contributed by atoms with Crippen LogP contribution in [0.25, 0.3) is 0 Å². The highest BCUT2D eigenvalue weighted by molar-refractivity contribution is 5.78. The number of phenolic OH excluding ortho intramolecular Hbond substituents is 1. The molecule has 0 saturated carbocycles. The van der Waals surface area contributed by atoms with Crippen LogP contribution in [0.2, 0.25) is 0 Å². The minimum absolute atomic E-state index is 0.175. The van der Waals surface area contributed by atoms with Crippen molar-refractivity contribution in [2.24, 2.45) is 0 Å². The third-order valence-electron chi connectivity index (χ3n) is 5.23. The quantitative estimate of drug-likeness (QED) is 0.342. The number of unbranched alkanes of at least 4 members (excludes halogenated alkanes) is 7. The molecule has 0 aliphatic rings. The first kappa shape index (κ1) is 23.5. The molecule has 0 aliphatic carbocycles. The fraction of sp³-hybridized carbons (Fsp3) is 0.708. The van der Waals surface area contributed by atoms with Crippen molar-refractivity contribution in [2.75, 3.05) is 6.61 Å². The van der Waals surface area contributed by atoms with Gasteiger partial charge in [0.15, 0.2) is 0 Å². The van der Waals surface area contributed by atoms with Crippen molar-refractivity contribution >= 4 is 5.97 Å². The lowest BCUT2D eigenvalue weighted by atomic mass is 9.82. The van der Waals surface area contributed by atoms with Crippen molar-refractivity contribution in [3.8, 4) is 5.75 Å². The van der Waals surface area contributed by atoms with Crippen LogP contribution in [0.15, 0.2) is 12.1 Å². The van der Waals surface area contributed by atoms with E-state index in [-0.39, 0.29) is 17.3 Å². The summed E-state index contributed by atoms with van der Waals surface area (Å²) in [6.07, 6.45) is 9.85. The highest BCUT2D eigenvalue weighted by atomic mass is 16.5. The zero-order chi connectivity index (χ0) is 20.4. The summed E-state index contributed by atoms with van der Waals surface area (Å²) in [7, 11) is 0. The molecule has 1 aromatic carbocycles. The first-order valence-corrected chi connectivity index (χ1v) is 10.7. The molecule has 27 heavy (non-hydrogen) atoms. The van der Waals surface area contributed by atoms with Crippen LogP contribution >= 0.6 is 0 Å². The number of carbonyl (C=O) groups is 1. The van der Waals surface area contributed by atoms with Gasteiger partial charge in [-0.1, -0.05) is 84.8 Å². The summed E-state index contributed by atoms with van der Waals surface area (Å²) in [5.41, 5.74) is 2.42. The van der Waals surface area contributed by atoms with E-state index in [1.807, 2.05) is 26.0 Å². The second-order valence-electron chi connectivity index (χ2n) is 8.85. The lowest BCUT2D eigenvalue weighted by Crippen LogP contribution is -2.17. The van der Waals surface area contributed by atoms with Gasteiger partial charge in [-0.2, -0.15) is 0 Å². The molecule has 3 nitrogen and oxygen atoms in total. The SMILES string of the molecule is CCCCCCCCCCOC(=O)C(C)c1cc(C)c(O)c(C(C)(C)C)c1. The van der Waals surface area contributed by atoms with Crippen LogP contribution in [-0.4, -0.2) is 17.7 Å². The van der Waals surface area contributed by atoms with E-state index in [0.29, 0.717) is 12.4 Å². The fourth-order valence-corrected chi connectivity index (χ4v) is 3.30. The summed E-state index contributed by atoms with van der Waals surface area (Å²) in [6, 6.07) is 3.84. The van der Waals surface area contributed by atoms with E-state index in [2.05, 4.69) is 27.7 Å². The lowest BCUT2D eigenvalue weighted by molar-refractivity contribution is -0.145. The van der Waals surface area contributed by atoms with Gasteiger partial charge in [0.25, 0.3) is 0 Å². The monoisotopic (exact) mass is 376 g/mol. The van der Waals surface area contributed by atoms with Crippen molar-refractivity contribution in [1.82, 2.24) is 0 Å². The van der Waals surface area contributed by atoms with Crippen LogP contribution < -0.4 is 0 Å². The van der Waals surface area contributed by atoms with Gasteiger partial charge in [-0.25, -0.2) is 0 Å². The predicted octanol–water partition coefficient (Wildman–Crippen LogP) is 6.79. The molecule has 0 saturated heterocycles. The van der Waals surface area contributed by atoms with Gasteiger partial charge in [-0.05, 0) is 42.4 Å². The Labute approximate surface area is 166 Å². The standard InChI is InChI=1S/C24H40O3/c1-7-8-9-10-11-12-13-14-15-27-23(26)19(3)20-16-18(2)22(25)21(17-20)24(4,5)6/h16-17,19,25H,7-15H2,1-6H3. The number of hydrogen-bond donors (Lipinski definition) is 1. The minimum atomic E-state index is -0.320. The van der Waals surface area contributed by atoms with Crippen LogP contribution in [0.4, 0.5) is 0 Å². The second kappa shape index (κ2) is 11.4. The zero-order valence-electron chi connectivity index (χ0n) is 18.4. The predicted molar refractivity (Wildman–Crippen MR) is 114 cm³/mol. The summed E-state index contributed by atoms with van der Waals surface area (Å²) in [5, 5.41) is 10.4. The number of hydrogen-bond acceptors (Lipinski definition) is 3. The summed E-state index contributed by atoms with van der Waals surface area (Å²) in [4.78, 5) is 12.4. The molecule has 0 aromatic heterocycles. The summed E-state index contributed by atoms with van der Waals surface area (Å²) < 4.78 is 5.50. The van der Waals surface area contributed by atoms with Crippen molar-refractivity contribution in [2.45, 2.75) is 104 Å². The summed E-state index contributed by atoms with van der Waals surface area (Å²) in [6.45, 7) is 12.7. The van der Waals surface area contributed by atoms with Crippen LogP contribution in [0, 0.1) is 6.92 Å². The van der Waals surface area contributed by atoms with Gasteiger partial charge in [0.1, 0.15) is 5.75 Å². The molecule has 1 N–H and O–H groups in total. The number of aryl methyl sites for hydroxylation is 1. The van der Waals surface area contributed by atoms with Crippen molar-refractivity contribution in [3.63, 3.8) is 0 Å². The van der Waals surface area contributed by atoms with Crippen LogP contribution in [0.3, 0.4) is 0 Å². The number of aromatic hydroxyl groups is 1. The van der Waals surface area contributed by atoms with E-state index in [9.17, 15) is 9.90 Å². The highest BCUT2D eigenvalue weighted by Gasteiger charge is 2.24. The topological polar surface area (TPSA) is 46.5 Å². The van der Waals surface area contributed by atoms with E-state index in [1.54, 1.807) is 0 Å². The van der Waals surface area contributed by atoms with E-state index in [1.165, 1.54) is 38.5 Å². The maximum absolute atomic E-state index is 12.4. The number of carbonyl (C=O) groups excluding carboxylic acids is 1. The van der Waals surface area contributed by atoms with Gasteiger partial charge >= 0.3 is 5.97 Å². The molecule has 1 unspecified atom stereocenters. The van der Waals surface area contributed by atoms with Crippen LogP contribution in [0.5, 0.6) is 5.75 Å². The number of phenols is 1. The highest BCUT2D eigenvalue weighted by Crippen LogP contribution is 2.36. The Morgan fingerprint density at radius 1 is 1.04 bits per heavy atom. The largest absolute Gasteiger partial charge is 0.507 e. The van der Waals surface area contributed by atoms with Crippen molar-refractivity contribution < 1.29 is 14.6 Å². The molecule has 154 valence electrons. The van der Waals surface area contributed by atoms with E-state index in [4.69, 9.17) is 4.74 Å². The lowest BCUT2D eigenvalue weighted by Gasteiger charge is -2.24. The Hall–Kier alpha value is -1.51. The molecule has 0 aliphatic heterocycles. The minimum Gasteiger partial charge on any atom is -0.507 e. The van der Waals surface area contributed by atoms with Gasteiger partial charge in [0, 0.05) is 0 Å². The maximum atomic E-state index is 12.4. The van der Waals surface area contributed by atoms with Crippen molar-refractivity contribution in [1.29, 1.82) is 0 Å². The first-order chi connectivity index (χ1) is 12.7. The van der Waals surface area contributed by atoms with Gasteiger partial charge in [-0.3, -0.25) is 4.79 Å². The smallest absolute Gasteiger partial charge is 0.313 e. The fourth-order valence-electron chi connectivity index (χ4n) is 3.30. The molecular weight excluding hydrogens is 336 g/mol. The molecule has 0 radical (unpaired) electrons. The molecule has 0 heterocycles. The molecule has 0 amide bonds. The zero-order valence-corrected chi connectivity index (χ0v) is 18.4. The number of ether oxygens (including phenoxy) is 1. The van der Waals surface area contributed by atoms with E-state index >= 15 is 0 Å².